The average Bonchev–Trinajstić information content (AvgIpc) is 2.94. The number of aryl methyl sites for hydroxylation is 1. The fourth-order valence-corrected chi connectivity index (χ4v) is 2.88. The van der Waals surface area contributed by atoms with Crippen LogP contribution in [0.2, 0.25) is 0 Å². The van der Waals surface area contributed by atoms with Gasteiger partial charge in [-0.15, -0.1) is 0 Å². The molecule has 0 aliphatic heterocycles. The van der Waals surface area contributed by atoms with E-state index < -0.39 is 10.8 Å². The van der Waals surface area contributed by atoms with Gasteiger partial charge in [0.25, 0.3) is 0 Å². The first-order valence-electron chi connectivity index (χ1n) is 6.21. The molecule has 4 nitrogen and oxygen atoms in total. The lowest BCUT2D eigenvalue weighted by molar-refractivity contribution is 0.382. The van der Waals surface area contributed by atoms with Gasteiger partial charge < -0.3 is 8.83 Å². The van der Waals surface area contributed by atoms with Gasteiger partial charge in [0.1, 0.15) is 16.8 Å². The Balaban J connectivity index is 2.25. The molecule has 104 valence electrons. The lowest BCUT2D eigenvalue weighted by Gasteiger charge is -2.13. The smallest absolute Gasteiger partial charge is 0.210 e. The molecule has 0 spiro atoms. The van der Waals surface area contributed by atoms with Gasteiger partial charge in [-0.05, 0) is 19.9 Å². The van der Waals surface area contributed by atoms with E-state index >= 15 is 0 Å². The molecule has 5 heteroatoms. The van der Waals surface area contributed by atoms with Crippen LogP contribution >= 0.6 is 0 Å². The highest BCUT2D eigenvalue weighted by Gasteiger charge is 2.26. The van der Waals surface area contributed by atoms with Crippen molar-refractivity contribution in [3.05, 3.63) is 35.9 Å². The highest BCUT2D eigenvalue weighted by atomic mass is 32.2. The van der Waals surface area contributed by atoms with Gasteiger partial charge in [0.05, 0.1) is 28.2 Å². The lowest BCUT2D eigenvalue weighted by Crippen LogP contribution is -2.09. The van der Waals surface area contributed by atoms with Gasteiger partial charge in [0, 0.05) is 5.41 Å². The van der Waals surface area contributed by atoms with Gasteiger partial charge in [0.15, 0.2) is 0 Å². The summed E-state index contributed by atoms with van der Waals surface area (Å²) in [6.45, 7) is 9.81. The van der Waals surface area contributed by atoms with Crippen LogP contribution in [0.25, 0.3) is 0 Å². The van der Waals surface area contributed by atoms with E-state index in [1.165, 1.54) is 0 Å². The van der Waals surface area contributed by atoms with E-state index in [0.717, 1.165) is 5.76 Å². The van der Waals surface area contributed by atoms with Gasteiger partial charge in [-0.2, -0.15) is 0 Å². The number of rotatable bonds is 3. The largest absolute Gasteiger partial charge is 0.468 e. The van der Waals surface area contributed by atoms with Crippen molar-refractivity contribution in [3.8, 4) is 0 Å². The molecule has 2 heterocycles. The minimum absolute atomic E-state index is 0.0992. The zero-order chi connectivity index (χ0) is 14.2. The van der Waals surface area contributed by atoms with Gasteiger partial charge in [-0.25, -0.2) is 4.98 Å². The molecule has 0 amide bonds. The Labute approximate surface area is 115 Å². The van der Waals surface area contributed by atoms with E-state index in [-0.39, 0.29) is 10.7 Å². The molecule has 2 aromatic rings. The van der Waals surface area contributed by atoms with Crippen LogP contribution in [-0.4, -0.2) is 9.19 Å². The Morgan fingerprint density at radius 3 is 2.53 bits per heavy atom. The summed E-state index contributed by atoms with van der Waals surface area (Å²) in [6, 6.07) is 1.73. The van der Waals surface area contributed by atoms with Gasteiger partial charge in [-0.3, -0.25) is 4.21 Å². The maximum absolute atomic E-state index is 12.4. The Morgan fingerprint density at radius 2 is 2.05 bits per heavy atom. The number of hydrogen-bond donors (Lipinski definition) is 0. The van der Waals surface area contributed by atoms with Crippen LogP contribution < -0.4 is 0 Å². The first kappa shape index (κ1) is 14.1. The standard InChI is InChI=1S/C14H19NO3S/c1-9-11(6-7-17-9)19(16)10(2)13-15-8-12(18-13)14(3,4)5/h6-8,10H,1-5H3/t10-,19+/m0/s1. The molecule has 19 heavy (non-hydrogen) atoms. The number of aromatic nitrogens is 1. The van der Waals surface area contributed by atoms with Crippen LogP contribution in [0, 0.1) is 6.92 Å². The molecule has 2 aromatic heterocycles. The summed E-state index contributed by atoms with van der Waals surface area (Å²) in [5.74, 6) is 1.98. The Morgan fingerprint density at radius 1 is 1.37 bits per heavy atom. The predicted molar refractivity (Wildman–Crippen MR) is 73.5 cm³/mol. The van der Waals surface area contributed by atoms with Gasteiger partial charge >= 0.3 is 0 Å². The van der Waals surface area contributed by atoms with Crippen molar-refractivity contribution >= 4 is 10.8 Å². The van der Waals surface area contributed by atoms with E-state index in [0.29, 0.717) is 16.5 Å². The predicted octanol–water partition coefficient (Wildman–Crippen LogP) is 3.74. The highest BCUT2D eigenvalue weighted by Crippen LogP contribution is 2.30. The van der Waals surface area contributed by atoms with Crippen LogP contribution in [0.3, 0.4) is 0 Å². The van der Waals surface area contributed by atoms with Crippen LogP contribution in [-0.2, 0) is 16.2 Å². The molecule has 0 bridgehead atoms. The number of nitrogens with zero attached hydrogens (tertiary/aromatic N) is 1. The fourth-order valence-electron chi connectivity index (χ4n) is 1.69. The summed E-state index contributed by atoms with van der Waals surface area (Å²) < 4.78 is 23.4. The number of oxazole rings is 1. The van der Waals surface area contributed by atoms with E-state index in [1.807, 2.05) is 6.92 Å². The Kier molecular flexibility index (Phi) is 3.67. The summed E-state index contributed by atoms with van der Waals surface area (Å²) in [4.78, 5) is 4.95. The Hall–Kier alpha value is -1.36. The summed E-state index contributed by atoms with van der Waals surface area (Å²) in [5, 5.41) is -0.299. The topological polar surface area (TPSA) is 56.2 Å². The first-order valence-corrected chi connectivity index (χ1v) is 7.43. The van der Waals surface area contributed by atoms with Crippen LogP contribution in [0.4, 0.5) is 0 Å². The summed E-state index contributed by atoms with van der Waals surface area (Å²) in [5.41, 5.74) is -0.0992. The van der Waals surface area contributed by atoms with Crippen molar-refractivity contribution in [2.75, 3.05) is 0 Å². The minimum Gasteiger partial charge on any atom is -0.468 e. The molecule has 0 saturated heterocycles. The molecule has 2 atom stereocenters. The number of hydrogen-bond acceptors (Lipinski definition) is 4. The minimum atomic E-state index is -1.22. The maximum Gasteiger partial charge on any atom is 0.210 e. The SMILES string of the molecule is Cc1occc1[S@](=O)[C@@H](C)c1ncc(C(C)(C)C)o1. The molecule has 2 rings (SSSR count). The molecule has 0 N–H and O–H groups in total. The maximum atomic E-state index is 12.4. The molecule has 0 saturated carbocycles. The third-order valence-corrected chi connectivity index (χ3v) is 4.66. The molecule has 0 unspecified atom stereocenters. The van der Waals surface area contributed by atoms with E-state index in [4.69, 9.17) is 8.83 Å². The fraction of sp³-hybridized carbons (Fsp3) is 0.500. The Bertz CT molecular complexity index is 592. The second kappa shape index (κ2) is 4.96. The molecule has 0 aromatic carbocycles. The van der Waals surface area contributed by atoms with Crippen molar-refractivity contribution in [1.82, 2.24) is 4.98 Å². The molecule has 0 radical (unpaired) electrons. The third-order valence-electron chi connectivity index (χ3n) is 2.96. The van der Waals surface area contributed by atoms with E-state index in [9.17, 15) is 4.21 Å². The van der Waals surface area contributed by atoms with Crippen molar-refractivity contribution in [1.29, 1.82) is 0 Å². The quantitative estimate of drug-likeness (QED) is 0.860. The first-order chi connectivity index (χ1) is 8.80. The van der Waals surface area contributed by atoms with Gasteiger partial charge in [0.2, 0.25) is 5.89 Å². The van der Waals surface area contributed by atoms with Crippen LogP contribution in [0.1, 0.15) is 50.4 Å². The van der Waals surface area contributed by atoms with Crippen molar-refractivity contribution in [2.45, 2.75) is 50.2 Å². The number of furan rings is 1. The van der Waals surface area contributed by atoms with Crippen molar-refractivity contribution < 1.29 is 13.0 Å². The second-order valence-corrected chi connectivity index (χ2v) is 7.34. The zero-order valence-corrected chi connectivity index (χ0v) is 12.7. The molecular weight excluding hydrogens is 262 g/mol. The van der Waals surface area contributed by atoms with Crippen LogP contribution in [0.15, 0.2) is 32.3 Å². The normalized spacial score (nSPS) is 15.4. The van der Waals surface area contributed by atoms with Crippen molar-refractivity contribution in [2.24, 2.45) is 0 Å². The summed E-state index contributed by atoms with van der Waals surface area (Å²) in [7, 11) is -1.22. The average molecular weight is 281 g/mol. The zero-order valence-electron chi connectivity index (χ0n) is 11.9. The third kappa shape index (κ3) is 2.81. The van der Waals surface area contributed by atoms with E-state index in [2.05, 4.69) is 25.8 Å². The molecule has 0 aliphatic rings. The monoisotopic (exact) mass is 281 g/mol. The van der Waals surface area contributed by atoms with Crippen LogP contribution in [0.5, 0.6) is 0 Å². The lowest BCUT2D eigenvalue weighted by atomic mass is 9.94. The van der Waals surface area contributed by atoms with Gasteiger partial charge in [-0.1, -0.05) is 20.8 Å². The summed E-state index contributed by atoms with van der Waals surface area (Å²) in [6.07, 6.45) is 3.26. The van der Waals surface area contributed by atoms with E-state index in [1.54, 1.807) is 25.5 Å². The molecular formula is C14H19NO3S. The summed E-state index contributed by atoms with van der Waals surface area (Å²) >= 11 is 0. The van der Waals surface area contributed by atoms with Crippen molar-refractivity contribution in [3.63, 3.8) is 0 Å². The molecule has 0 fully saturated rings. The second-order valence-electron chi connectivity index (χ2n) is 5.59. The highest BCUT2D eigenvalue weighted by molar-refractivity contribution is 7.85. The molecule has 0 aliphatic carbocycles.